The minimum absolute atomic E-state index is 0.167. The van der Waals surface area contributed by atoms with Gasteiger partial charge in [-0.25, -0.2) is 4.98 Å². The summed E-state index contributed by atoms with van der Waals surface area (Å²) in [7, 11) is 1.63. The first-order valence-electron chi connectivity index (χ1n) is 7.75. The number of ether oxygens (including phenoxy) is 2. The monoisotopic (exact) mass is 468 g/mol. The Hall–Kier alpha value is -1.87. The molecule has 1 aromatic carbocycles. The van der Waals surface area contributed by atoms with E-state index in [0.717, 1.165) is 33.4 Å². The van der Waals surface area contributed by atoms with Crippen molar-refractivity contribution in [2.45, 2.75) is 13.3 Å². The Balaban J connectivity index is 1.99. The molecule has 0 radical (unpaired) electrons. The predicted molar refractivity (Wildman–Crippen MR) is 107 cm³/mol. The first-order chi connectivity index (χ1) is 12.1. The normalized spacial score (nSPS) is 10.7. The zero-order valence-corrected chi connectivity index (χ0v) is 16.8. The lowest BCUT2D eigenvalue weighted by atomic mass is 10.2. The molecule has 3 aromatic rings. The molecule has 7 heteroatoms. The molecule has 0 atom stereocenters. The maximum atomic E-state index is 11.9. The second-order valence-corrected chi connectivity index (χ2v) is 8.20. The SMILES string of the molecule is CCOC(=O)Cc1[nH]c(-c2ccc(OC)cc2)nc1-c1ccc(I)s1. The van der Waals surface area contributed by atoms with Crippen LogP contribution in [0, 0.1) is 2.88 Å². The van der Waals surface area contributed by atoms with Gasteiger partial charge in [0.15, 0.2) is 0 Å². The number of aromatic nitrogens is 2. The number of carbonyl (C=O) groups excluding carboxylic acids is 1. The van der Waals surface area contributed by atoms with Crippen LogP contribution >= 0.6 is 33.9 Å². The van der Waals surface area contributed by atoms with Crippen LogP contribution in [0.5, 0.6) is 5.75 Å². The first kappa shape index (κ1) is 17.9. The number of nitrogens with zero attached hydrogens (tertiary/aromatic N) is 1. The standard InChI is InChI=1S/C18H17IN2O3S/c1-3-24-16(22)10-13-17(14-8-9-15(19)25-14)21-18(20-13)11-4-6-12(23-2)7-5-11/h4-9H,3,10H2,1-2H3,(H,20,21). The molecule has 0 unspecified atom stereocenters. The largest absolute Gasteiger partial charge is 0.497 e. The van der Waals surface area contributed by atoms with Crippen LogP contribution in [-0.4, -0.2) is 29.7 Å². The van der Waals surface area contributed by atoms with E-state index in [1.54, 1.807) is 25.4 Å². The molecule has 2 heterocycles. The molecule has 0 fully saturated rings. The zero-order valence-electron chi connectivity index (χ0n) is 13.8. The van der Waals surface area contributed by atoms with Crippen LogP contribution < -0.4 is 4.74 Å². The summed E-state index contributed by atoms with van der Waals surface area (Å²) < 4.78 is 11.5. The molecule has 0 aliphatic carbocycles. The smallest absolute Gasteiger partial charge is 0.311 e. The average molecular weight is 468 g/mol. The highest BCUT2D eigenvalue weighted by atomic mass is 127. The van der Waals surface area contributed by atoms with Gasteiger partial charge < -0.3 is 14.5 Å². The lowest BCUT2D eigenvalue weighted by Crippen LogP contribution is -2.08. The molecule has 25 heavy (non-hydrogen) atoms. The highest BCUT2D eigenvalue weighted by Crippen LogP contribution is 2.32. The van der Waals surface area contributed by atoms with Gasteiger partial charge in [0.2, 0.25) is 0 Å². The maximum Gasteiger partial charge on any atom is 0.311 e. The number of carbonyl (C=O) groups is 1. The van der Waals surface area contributed by atoms with Crippen LogP contribution in [0.1, 0.15) is 12.6 Å². The fourth-order valence-electron chi connectivity index (χ4n) is 2.42. The quantitative estimate of drug-likeness (QED) is 0.427. The van der Waals surface area contributed by atoms with Crippen LogP contribution in [0.3, 0.4) is 0 Å². The number of aromatic amines is 1. The van der Waals surface area contributed by atoms with Crippen molar-refractivity contribution in [2.24, 2.45) is 0 Å². The molecule has 0 saturated carbocycles. The van der Waals surface area contributed by atoms with Crippen molar-refractivity contribution in [1.29, 1.82) is 0 Å². The highest BCUT2D eigenvalue weighted by molar-refractivity contribution is 14.1. The lowest BCUT2D eigenvalue weighted by molar-refractivity contribution is -0.142. The number of rotatable bonds is 6. The molecule has 0 aliphatic rings. The van der Waals surface area contributed by atoms with Crippen molar-refractivity contribution in [1.82, 2.24) is 9.97 Å². The number of thiophene rings is 1. The number of imidazole rings is 1. The van der Waals surface area contributed by atoms with Gasteiger partial charge in [0.25, 0.3) is 0 Å². The van der Waals surface area contributed by atoms with Crippen molar-refractivity contribution in [3.05, 3.63) is 45.0 Å². The molecule has 3 rings (SSSR count). The summed E-state index contributed by atoms with van der Waals surface area (Å²) in [6.07, 6.45) is 0.167. The molecular weight excluding hydrogens is 451 g/mol. The van der Waals surface area contributed by atoms with Crippen LogP contribution in [0.15, 0.2) is 36.4 Å². The summed E-state index contributed by atoms with van der Waals surface area (Å²) in [6.45, 7) is 2.17. The minimum Gasteiger partial charge on any atom is -0.497 e. The van der Waals surface area contributed by atoms with E-state index in [0.29, 0.717) is 6.61 Å². The van der Waals surface area contributed by atoms with Gasteiger partial charge >= 0.3 is 5.97 Å². The molecule has 5 nitrogen and oxygen atoms in total. The number of nitrogens with one attached hydrogen (secondary N) is 1. The van der Waals surface area contributed by atoms with E-state index in [1.807, 2.05) is 36.4 Å². The second-order valence-electron chi connectivity index (χ2n) is 5.23. The van der Waals surface area contributed by atoms with Gasteiger partial charge in [0.05, 0.1) is 33.6 Å². The fourth-order valence-corrected chi connectivity index (χ4v) is 4.06. The molecule has 0 spiro atoms. The van der Waals surface area contributed by atoms with Gasteiger partial charge in [-0.3, -0.25) is 4.79 Å². The number of benzene rings is 1. The van der Waals surface area contributed by atoms with E-state index in [-0.39, 0.29) is 12.4 Å². The number of methoxy groups -OCH3 is 1. The average Bonchev–Trinajstić information content (AvgIpc) is 3.21. The lowest BCUT2D eigenvalue weighted by Gasteiger charge is -2.02. The van der Waals surface area contributed by atoms with E-state index in [9.17, 15) is 4.79 Å². The summed E-state index contributed by atoms with van der Waals surface area (Å²) in [6, 6.07) is 11.7. The van der Waals surface area contributed by atoms with Crippen molar-refractivity contribution in [3.8, 4) is 27.7 Å². The zero-order chi connectivity index (χ0) is 17.8. The van der Waals surface area contributed by atoms with E-state index in [1.165, 1.54) is 2.88 Å². The van der Waals surface area contributed by atoms with Crippen LogP contribution in [-0.2, 0) is 16.0 Å². The first-order valence-corrected chi connectivity index (χ1v) is 9.65. The highest BCUT2D eigenvalue weighted by Gasteiger charge is 2.18. The number of hydrogen-bond donors (Lipinski definition) is 1. The summed E-state index contributed by atoms with van der Waals surface area (Å²) in [4.78, 5) is 21.0. The molecule has 0 aliphatic heterocycles. The Morgan fingerprint density at radius 2 is 2.00 bits per heavy atom. The number of esters is 1. The van der Waals surface area contributed by atoms with Crippen molar-refractivity contribution >= 4 is 39.9 Å². The Morgan fingerprint density at radius 3 is 2.60 bits per heavy atom. The number of hydrogen-bond acceptors (Lipinski definition) is 5. The van der Waals surface area contributed by atoms with Gasteiger partial charge in [-0.15, -0.1) is 11.3 Å². The molecule has 2 aromatic heterocycles. The third-order valence-electron chi connectivity index (χ3n) is 3.58. The van der Waals surface area contributed by atoms with E-state index in [4.69, 9.17) is 14.5 Å². The number of H-pyrrole nitrogens is 1. The topological polar surface area (TPSA) is 64.2 Å². The fraction of sp³-hybridized carbons (Fsp3) is 0.222. The predicted octanol–water partition coefficient (Wildman–Crippen LogP) is 4.52. The Bertz CT molecular complexity index is 871. The summed E-state index contributed by atoms with van der Waals surface area (Å²) >= 11 is 3.92. The van der Waals surface area contributed by atoms with Crippen molar-refractivity contribution in [3.63, 3.8) is 0 Å². The maximum absolute atomic E-state index is 11.9. The Morgan fingerprint density at radius 1 is 1.24 bits per heavy atom. The van der Waals surface area contributed by atoms with E-state index in [2.05, 4.69) is 27.6 Å². The van der Waals surface area contributed by atoms with Gasteiger partial charge in [-0.1, -0.05) is 0 Å². The van der Waals surface area contributed by atoms with Crippen LogP contribution in [0.2, 0.25) is 0 Å². The molecule has 0 amide bonds. The van der Waals surface area contributed by atoms with Crippen LogP contribution in [0.25, 0.3) is 22.0 Å². The Labute approximate surface area is 163 Å². The molecule has 0 saturated heterocycles. The van der Waals surface area contributed by atoms with E-state index < -0.39 is 0 Å². The third-order valence-corrected chi connectivity index (χ3v) is 5.48. The third kappa shape index (κ3) is 4.21. The molecular formula is C18H17IN2O3S. The van der Waals surface area contributed by atoms with Crippen molar-refractivity contribution in [2.75, 3.05) is 13.7 Å². The van der Waals surface area contributed by atoms with Gasteiger partial charge in [0, 0.05) is 5.56 Å². The van der Waals surface area contributed by atoms with Gasteiger partial charge in [-0.2, -0.15) is 0 Å². The Kier molecular flexibility index (Phi) is 5.74. The molecule has 130 valence electrons. The molecule has 1 N–H and O–H groups in total. The van der Waals surface area contributed by atoms with Crippen LogP contribution in [0.4, 0.5) is 0 Å². The van der Waals surface area contributed by atoms with Gasteiger partial charge in [-0.05, 0) is 65.9 Å². The summed E-state index contributed by atoms with van der Waals surface area (Å²) in [5.74, 6) is 1.25. The van der Waals surface area contributed by atoms with Crippen molar-refractivity contribution < 1.29 is 14.3 Å². The second kappa shape index (κ2) is 8.01. The minimum atomic E-state index is -0.264. The summed E-state index contributed by atoms with van der Waals surface area (Å²) in [5.41, 5.74) is 2.50. The number of halogens is 1. The van der Waals surface area contributed by atoms with Gasteiger partial charge in [0.1, 0.15) is 17.3 Å². The summed E-state index contributed by atoms with van der Waals surface area (Å²) in [5, 5.41) is 0. The van der Waals surface area contributed by atoms with E-state index >= 15 is 0 Å². The molecule has 0 bridgehead atoms.